The van der Waals surface area contributed by atoms with E-state index in [0.717, 1.165) is 37.9 Å². The third-order valence-corrected chi connectivity index (χ3v) is 4.13. The summed E-state index contributed by atoms with van der Waals surface area (Å²) in [4.78, 5) is 3.75. The fourth-order valence-corrected chi connectivity index (χ4v) is 3.01. The Morgan fingerprint density at radius 1 is 1.35 bits per heavy atom. The quantitative estimate of drug-likeness (QED) is 0.794. The third kappa shape index (κ3) is 4.16. The van der Waals surface area contributed by atoms with Crippen molar-refractivity contribution in [1.29, 1.82) is 0 Å². The number of pyridine rings is 1. The molecule has 0 amide bonds. The molecule has 1 aromatic rings. The molecule has 2 atom stereocenters. The van der Waals surface area contributed by atoms with E-state index in [2.05, 4.69) is 10.3 Å². The smallest absolute Gasteiger partial charge is 0.369 e. The number of nitrogens with zero attached hydrogens (tertiary/aromatic N) is 1. The highest BCUT2D eigenvalue weighted by Crippen LogP contribution is 2.33. The van der Waals surface area contributed by atoms with Crippen LogP contribution in [0.4, 0.5) is 19.0 Å². The zero-order valence-electron chi connectivity index (χ0n) is 10.7. The van der Waals surface area contributed by atoms with Gasteiger partial charge in [0.05, 0.1) is 10.6 Å². The SMILES string of the molecule is FC(F)(F)c1cnc(NCC2CCCC(Cl)C2)c(Cl)c1. The van der Waals surface area contributed by atoms with E-state index in [1.54, 1.807) is 0 Å². The van der Waals surface area contributed by atoms with Crippen LogP contribution in [0.15, 0.2) is 12.3 Å². The van der Waals surface area contributed by atoms with E-state index >= 15 is 0 Å². The highest BCUT2D eigenvalue weighted by atomic mass is 35.5. The molecule has 2 rings (SSSR count). The van der Waals surface area contributed by atoms with Crippen LogP contribution in [0.5, 0.6) is 0 Å². The summed E-state index contributed by atoms with van der Waals surface area (Å²) in [5.74, 6) is 0.697. The first-order chi connectivity index (χ1) is 9.36. The molecule has 0 spiro atoms. The summed E-state index contributed by atoms with van der Waals surface area (Å²) in [5.41, 5.74) is -0.841. The molecule has 1 aromatic heterocycles. The van der Waals surface area contributed by atoms with Gasteiger partial charge in [-0.2, -0.15) is 13.2 Å². The van der Waals surface area contributed by atoms with Crippen molar-refractivity contribution in [2.45, 2.75) is 37.2 Å². The average molecular weight is 327 g/mol. The van der Waals surface area contributed by atoms with Crippen LogP contribution < -0.4 is 5.32 Å². The minimum absolute atomic E-state index is 0.0157. The Morgan fingerprint density at radius 2 is 2.10 bits per heavy atom. The van der Waals surface area contributed by atoms with Crippen molar-refractivity contribution in [3.63, 3.8) is 0 Å². The number of rotatable bonds is 3. The number of anilines is 1. The Bertz CT molecular complexity index is 465. The van der Waals surface area contributed by atoms with Crippen LogP contribution in [-0.2, 0) is 6.18 Å². The van der Waals surface area contributed by atoms with Crippen molar-refractivity contribution < 1.29 is 13.2 Å². The topological polar surface area (TPSA) is 24.9 Å². The molecule has 1 N–H and O–H groups in total. The molecule has 2 nitrogen and oxygen atoms in total. The second-order valence-corrected chi connectivity index (χ2v) is 6.09. The Balaban J connectivity index is 1.96. The maximum absolute atomic E-state index is 12.5. The van der Waals surface area contributed by atoms with Crippen molar-refractivity contribution >= 4 is 29.0 Å². The lowest BCUT2D eigenvalue weighted by Crippen LogP contribution is -2.23. The molecule has 0 aromatic carbocycles. The molecule has 1 fully saturated rings. The van der Waals surface area contributed by atoms with Gasteiger partial charge in [0.15, 0.2) is 0 Å². The largest absolute Gasteiger partial charge is 0.417 e. The Labute approximate surface area is 125 Å². The summed E-state index contributed by atoms with van der Waals surface area (Å²) in [6.07, 6.45) is 0.442. The van der Waals surface area contributed by atoms with Gasteiger partial charge >= 0.3 is 6.18 Å². The summed E-state index contributed by atoms with van der Waals surface area (Å²) in [6, 6.07) is 0.891. The van der Waals surface area contributed by atoms with E-state index in [1.807, 2.05) is 0 Å². The van der Waals surface area contributed by atoms with Gasteiger partial charge in [-0.25, -0.2) is 4.98 Å². The van der Waals surface area contributed by atoms with Gasteiger partial charge in [0.25, 0.3) is 0 Å². The third-order valence-electron chi connectivity index (χ3n) is 3.45. The summed E-state index contributed by atoms with van der Waals surface area (Å²) in [5, 5.41) is 3.18. The van der Waals surface area contributed by atoms with Crippen molar-refractivity contribution in [3.05, 3.63) is 22.8 Å². The van der Waals surface area contributed by atoms with Gasteiger partial charge in [0.1, 0.15) is 5.82 Å². The lowest BCUT2D eigenvalue weighted by Gasteiger charge is -2.25. The molecule has 2 unspecified atom stereocenters. The number of halogens is 5. The van der Waals surface area contributed by atoms with Crippen LogP contribution in [0.3, 0.4) is 0 Å². The lowest BCUT2D eigenvalue weighted by atomic mass is 9.89. The summed E-state index contributed by atoms with van der Waals surface area (Å²) in [7, 11) is 0. The fourth-order valence-electron chi connectivity index (χ4n) is 2.37. The van der Waals surface area contributed by atoms with Crippen LogP contribution in [0.2, 0.25) is 5.02 Å². The predicted molar refractivity (Wildman–Crippen MR) is 74.3 cm³/mol. The van der Waals surface area contributed by atoms with Gasteiger partial charge in [-0.15, -0.1) is 11.6 Å². The number of nitrogens with one attached hydrogen (secondary N) is 1. The number of aromatic nitrogens is 1. The minimum atomic E-state index is -4.43. The maximum Gasteiger partial charge on any atom is 0.417 e. The van der Waals surface area contributed by atoms with Gasteiger partial charge in [0, 0.05) is 18.1 Å². The highest BCUT2D eigenvalue weighted by molar-refractivity contribution is 6.32. The molecule has 7 heteroatoms. The normalized spacial score (nSPS) is 23.6. The number of hydrogen-bond acceptors (Lipinski definition) is 2. The van der Waals surface area contributed by atoms with Crippen LogP contribution in [0.1, 0.15) is 31.2 Å². The molecule has 1 saturated carbocycles. The first-order valence-corrected chi connectivity index (χ1v) is 7.28. The zero-order valence-corrected chi connectivity index (χ0v) is 12.2. The monoisotopic (exact) mass is 326 g/mol. The second-order valence-electron chi connectivity index (χ2n) is 5.06. The zero-order chi connectivity index (χ0) is 14.8. The first kappa shape index (κ1) is 15.7. The van der Waals surface area contributed by atoms with E-state index in [0.29, 0.717) is 12.5 Å². The maximum atomic E-state index is 12.5. The standard InChI is InChI=1S/C13H15Cl2F3N2/c14-10-3-1-2-8(4-10)6-19-12-11(15)5-9(7-20-12)13(16,17)18/h5,7-8,10H,1-4,6H2,(H,19,20). The highest BCUT2D eigenvalue weighted by Gasteiger charge is 2.31. The second kappa shape index (κ2) is 6.39. The molecule has 20 heavy (non-hydrogen) atoms. The summed E-state index contributed by atoms with van der Waals surface area (Å²) >= 11 is 11.9. The molecule has 0 radical (unpaired) electrons. The van der Waals surface area contributed by atoms with E-state index in [1.165, 1.54) is 0 Å². The molecule has 0 aliphatic heterocycles. The molecule has 0 bridgehead atoms. The lowest BCUT2D eigenvalue weighted by molar-refractivity contribution is -0.137. The summed E-state index contributed by atoms with van der Waals surface area (Å²) < 4.78 is 37.5. The van der Waals surface area contributed by atoms with Gasteiger partial charge < -0.3 is 5.32 Å². The van der Waals surface area contributed by atoms with Crippen molar-refractivity contribution in [2.24, 2.45) is 5.92 Å². The van der Waals surface area contributed by atoms with E-state index in [-0.39, 0.29) is 16.2 Å². The van der Waals surface area contributed by atoms with Crippen LogP contribution in [-0.4, -0.2) is 16.9 Å². The molecule has 0 saturated heterocycles. The molecule has 1 heterocycles. The minimum Gasteiger partial charge on any atom is -0.369 e. The first-order valence-electron chi connectivity index (χ1n) is 6.47. The van der Waals surface area contributed by atoms with Gasteiger partial charge in [-0.3, -0.25) is 0 Å². The summed E-state index contributed by atoms with van der Waals surface area (Å²) in [6.45, 7) is 0.626. The van der Waals surface area contributed by atoms with E-state index < -0.39 is 11.7 Å². The molecular weight excluding hydrogens is 312 g/mol. The van der Waals surface area contributed by atoms with Gasteiger partial charge in [-0.1, -0.05) is 18.0 Å². The fraction of sp³-hybridized carbons (Fsp3) is 0.615. The van der Waals surface area contributed by atoms with Crippen molar-refractivity contribution in [3.8, 4) is 0 Å². The van der Waals surface area contributed by atoms with Crippen molar-refractivity contribution in [2.75, 3.05) is 11.9 Å². The number of hydrogen-bond donors (Lipinski definition) is 1. The molecule has 112 valence electrons. The Kier molecular flexibility index (Phi) is 5.02. The molecule has 1 aliphatic rings. The van der Waals surface area contributed by atoms with Gasteiger partial charge in [0.2, 0.25) is 0 Å². The molecule has 1 aliphatic carbocycles. The molecular formula is C13H15Cl2F3N2. The van der Waals surface area contributed by atoms with Crippen LogP contribution in [0.25, 0.3) is 0 Å². The Hall–Kier alpha value is -0.680. The van der Waals surface area contributed by atoms with E-state index in [9.17, 15) is 13.2 Å². The average Bonchev–Trinajstić information content (AvgIpc) is 2.36. The Morgan fingerprint density at radius 3 is 2.70 bits per heavy atom. The van der Waals surface area contributed by atoms with Crippen molar-refractivity contribution in [1.82, 2.24) is 4.98 Å². The van der Waals surface area contributed by atoms with E-state index in [4.69, 9.17) is 23.2 Å². The number of alkyl halides is 4. The van der Waals surface area contributed by atoms with Crippen LogP contribution >= 0.6 is 23.2 Å². The van der Waals surface area contributed by atoms with Crippen LogP contribution in [0, 0.1) is 5.92 Å². The predicted octanol–water partition coefficient (Wildman–Crippen LogP) is 4.96. The van der Waals surface area contributed by atoms with Gasteiger partial charge in [-0.05, 0) is 31.2 Å².